The molecule has 5 heteroatoms. The maximum absolute atomic E-state index is 13.1. The van der Waals surface area contributed by atoms with E-state index >= 15 is 0 Å². The molecule has 1 amide bonds. The number of hydrogen-bond acceptors (Lipinski definition) is 1. The van der Waals surface area contributed by atoms with Crippen molar-refractivity contribution in [3.8, 4) is 0 Å². The lowest BCUT2D eigenvalue weighted by molar-refractivity contribution is -0.139. The van der Waals surface area contributed by atoms with E-state index in [1.807, 2.05) is 0 Å². The minimum atomic E-state index is -2.71. The highest BCUT2D eigenvalue weighted by Gasteiger charge is 2.44. The third-order valence-electron chi connectivity index (χ3n) is 2.81. The lowest BCUT2D eigenvalue weighted by Gasteiger charge is -2.40. The molecule has 2 nitrogen and oxygen atoms in total. The third-order valence-corrected chi connectivity index (χ3v) is 2.81. The fourth-order valence-corrected chi connectivity index (χ4v) is 1.54. The molecule has 1 fully saturated rings. The topological polar surface area (TPSA) is 29.1 Å². The minimum absolute atomic E-state index is 0.206. The lowest BCUT2D eigenvalue weighted by atomic mass is 9.78. The van der Waals surface area contributed by atoms with Crippen LogP contribution in [0.3, 0.4) is 0 Å². The van der Waals surface area contributed by atoms with Gasteiger partial charge in [-0.05, 0) is 20.8 Å². The predicted molar refractivity (Wildman–Crippen MR) is 50.5 cm³/mol. The van der Waals surface area contributed by atoms with Crippen molar-refractivity contribution in [3.05, 3.63) is 0 Å². The largest absolute Gasteiger partial charge is 0.352 e. The number of halogens is 3. The highest BCUT2D eigenvalue weighted by Crippen LogP contribution is 2.36. The van der Waals surface area contributed by atoms with Crippen LogP contribution in [0.4, 0.5) is 13.2 Å². The quantitative estimate of drug-likeness (QED) is 0.781. The molecule has 1 saturated carbocycles. The molecule has 1 N–H and O–H groups in total. The van der Waals surface area contributed by atoms with Gasteiger partial charge in [0.05, 0.1) is 0 Å². The summed E-state index contributed by atoms with van der Waals surface area (Å²) >= 11 is 0. The SMILES string of the molecule is CC1(F)CC(NC(=O)C(C)(C)C(F)F)C1. The molecule has 0 atom stereocenters. The van der Waals surface area contributed by atoms with Gasteiger partial charge in [-0.1, -0.05) is 0 Å². The van der Waals surface area contributed by atoms with Crippen LogP contribution in [0, 0.1) is 5.41 Å². The van der Waals surface area contributed by atoms with Gasteiger partial charge in [-0.3, -0.25) is 4.79 Å². The number of amides is 1. The Hall–Kier alpha value is -0.740. The van der Waals surface area contributed by atoms with Crippen LogP contribution in [0.15, 0.2) is 0 Å². The molecular weight excluding hydrogens is 207 g/mol. The van der Waals surface area contributed by atoms with Crippen molar-refractivity contribution in [2.75, 3.05) is 0 Å². The van der Waals surface area contributed by atoms with E-state index in [0.29, 0.717) is 0 Å². The van der Waals surface area contributed by atoms with E-state index in [9.17, 15) is 18.0 Å². The third kappa shape index (κ3) is 2.63. The molecule has 0 radical (unpaired) electrons. The van der Waals surface area contributed by atoms with Gasteiger partial charge in [0.25, 0.3) is 6.43 Å². The fourth-order valence-electron chi connectivity index (χ4n) is 1.54. The van der Waals surface area contributed by atoms with E-state index in [2.05, 4.69) is 5.32 Å². The average molecular weight is 223 g/mol. The van der Waals surface area contributed by atoms with E-state index < -0.39 is 23.4 Å². The van der Waals surface area contributed by atoms with Gasteiger partial charge in [-0.15, -0.1) is 0 Å². The Morgan fingerprint density at radius 2 is 1.93 bits per heavy atom. The molecular formula is C10H16F3NO. The van der Waals surface area contributed by atoms with Crippen LogP contribution in [0.1, 0.15) is 33.6 Å². The van der Waals surface area contributed by atoms with Crippen LogP contribution in [0.25, 0.3) is 0 Å². The average Bonchev–Trinajstić information content (AvgIpc) is 2.00. The Balaban J connectivity index is 2.44. The number of carbonyl (C=O) groups is 1. The monoisotopic (exact) mass is 223 g/mol. The van der Waals surface area contributed by atoms with Crippen LogP contribution in [0.5, 0.6) is 0 Å². The minimum Gasteiger partial charge on any atom is -0.352 e. The first-order chi connectivity index (χ1) is 6.65. The van der Waals surface area contributed by atoms with Crippen molar-refractivity contribution in [2.24, 2.45) is 5.41 Å². The van der Waals surface area contributed by atoms with Gasteiger partial charge < -0.3 is 5.32 Å². The van der Waals surface area contributed by atoms with Crippen LogP contribution in [0.2, 0.25) is 0 Å². The summed E-state index contributed by atoms with van der Waals surface area (Å²) in [5.74, 6) is -0.710. The first-order valence-corrected chi connectivity index (χ1v) is 4.93. The maximum atomic E-state index is 13.1. The maximum Gasteiger partial charge on any atom is 0.252 e. The Kier molecular flexibility index (Phi) is 3.03. The van der Waals surface area contributed by atoms with Crippen molar-refractivity contribution in [1.29, 1.82) is 0 Å². The summed E-state index contributed by atoms with van der Waals surface area (Å²) in [6.07, 6.45) is -2.30. The summed E-state index contributed by atoms with van der Waals surface area (Å²) in [6, 6.07) is -0.300. The summed E-state index contributed by atoms with van der Waals surface area (Å²) in [5, 5.41) is 2.43. The molecule has 0 aromatic carbocycles. The highest BCUT2D eigenvalue weighted by atomic mass is 19.3. The van der Waals surface area contributed by atoms with Gasteiger partial charge in [0.15, 0.2) is 0 Å². The summed E-state index contributed by atoms with van der Waals surface area (Å²) < 4.78 is 38.0. The molecule has 0 saturated heterocycles. The summed E-state index contributed by atoms with van der Waals surface area (Å²) in [5.41, 5.74) is -2.96. The van der Waals surface area contributed by atoms with E-state index in [4.69, 9.17) is 0 Å². The van der Waals surface area contributed by atoms with E-state index in [-0.39, 0.29) is 18.9 Å². The van der Waals surface area contributed by atoms with Crippen molar-refractivity contribution in [2.45, 2.75) is 51.7 Å². The fraction of sp³-hybridized carbons (Fsp3) is 0.900. The summed E-state index contributed by atoms with van der Waals surface area (Å²) in [7, 11) is 0. The van der Waals surface area contributed by atoms with Gasteiger partial charge in [0.2, 0.25) is 5.91 Å². The molecule has 0 heterocycles. The molecule has 1 rings (SSSR count). The zero-order valence-corrected chi connectivity index (χ0v) is 9.11. The number of carbonyl (C=O) groups excluding carboxylic acids is 1. The molecule has 0 bridgehead atoms. The van der Waals surface area contributed by atoms with Crippen molar-refractivity contribution < 1.29 is 18.0 Å². The number of rotatable bonds is 3. The van der Waals surface area contributed by atoms with Crippen LogP contribution >= 0.6 is 0 Å². The summed E-state index contributed by atoms with van der Waals surface area (Å²) in [6.45, 7) is 3.80. The molecule has 88 valence electrons. The van der Waals surface area contributed by atoms with Crippen LogP contribution < -0.4 is 5.32 Å². The Morgan fingerprint density at radius 1 is 1.47 bits per heavy atom. The number of alkyl halides is 3. The van der Waals surface area contributed by atoms with Gasteiger partial charge >= 0.3 is 0 Å². The lowest BCUT2D eigenvalue weighted by Crippen LogP contribution is -2.55. The van der Waals surface area contributed by atoms with Crippen LogP contribution in [-0.2, 0) is 4.79 Å². The zero-order chi connectivity index (χ0) is 11.9. The van der Waals surface area contributed by atoms with Gasteiger partial charge in [-0.25, -0.2) is 13.2 Å². The predicted octanol–water partition coefficient (Wildman–Crippen LogP) is 2.28. The van der Waals surface area contributed by atoms with E-state index in [1.165, 1.54) is 20.8 Å². The van der Waals surface area contributed by atoms with Gasteiger partial charge in [-0.2, -0.15) is 0 Å². The first-order valence-electron chi connectivity index (χ1n) is 4.93. The number of nitrogens with one attached hydrogen (secondary N) is 1. The first kappa shape index (κ1) is 12.3. The molecule has 15 heavy (non-hydrogen) atoms. The highest BCUT2D eigenvalue weighted by molar-refractivity contribution is 5.82. The van der Waals surface area contributed by atoms with Crippen molar-refractivity contribution in [3.63, 3.8) is 0 Å². The summed E-state index contributed by atoms with van der Waals surface area (Å²) in [4.78, 5) is 11.4. The molecule has 1 aliphatic rings. The molecule has 0 unspecified atom stereocenters. The Bertz CT molecular complexity index is 255. The number of hydrogen-bond donors (Lipinski definition) is 1. The van der Waals surface area contributed by atoms with Crippen LogP contribution in [-0.4, -0.2) is 24.0 Å². The molecule has 0 aromatic rings. The normalized spacial score (nSPS) is 31.3. The van der Waals surface area contributed by atoms with Crippen molar-refractivity contribution in [1.82, 2.24) is 5.32 Å². The molecule has 1 aliphatic carbocycles. The molecule has 0 spiro atoms. The van der Waals surface area contributed by atoms with Crippen molar-refractivity contribution >= 4 is 5.91 Å². The van der Waals surface area contributed by atoms with E-state index in [0.717, 1.165) is 0 Å². The zero-order valence-electron chi connectivity index (χ0n) is 9.11. The second-order valence-electron chi connectivity index (χ2n) is 5.01. The second kappa shape index (κ2) is 3.68. The van der Waals surface area contributed by atoms with Gasteiger partial charge in [0.1, 0.15) is 11.1 Å². The van der Waals surface area contributed by atoms with Gasteiger partial charge in [0, 0.05) is 18.9 Å². The second-order valence-corrected chi connectivity index (χ2v) is 5.01. The Labute approximate surface area is 87.2 Å². The smallest absolute Gasteiger partial charge is 0.252 e. The molecule has 0 aliphatic heterocycles. The molecule has 0 aromatic heterocycles. The standard InChI is InChI=1S/C10H16F3NO/c1-9(2,7(11)12)8(15)14-6-4-10(3,13)5-6/h6-7H,4-5H2,1-3H3,(H,14,15). The van der Waals surface area contributed by atoms with E-state index in [1.54, 1.807) is 0 Å². The Morgan fingerprint density at radius 3 is 2.27 bits per heavy atom.